The van der Waals surface area contributed by atoms with Gasteiger partial charge < -0.3 is 16.4 Å². The average molecular weight is 250 g/mol. The number of carbonyl (C=O) groups is 2. The van der Waals surface area contributed by atoms with Crippen molar-refractivity contribution in [2.75, 3.05) is 19.3 Å². The number of pyridine rings is 1. The van der Waals surface area contributed by atoms with Crippen LogP contribution in [0.3, 0.4) is 0 Å². The molecule has 0 aromatic carbocycles. The van der Waals surface area contributed by atoms with Crippen LogP contribution in [0.25, 0.3) is 0 Å². The van der Waals surface area contributed by atoms with Crippen LogP contribution in [0.4, 0.5) is 5.69 Å². The second-order valence-electron chi connectivity index (χ2n) is 4.61. The van der Waals surface area contributed by atoms with Crippen molar-refractivity contribution < 1.29 is 9.59 Å². The minimum Gasteiger partial charge on any atom is -0.398 e. The number of hydrogen-bond acceptors (Lipinski definition) is 4. The first kappa shape index (κ1) is 14.0. The van der Waals surface area contributed by atoms with E-state index < -0.39 is 5.41 Å². The maximum Gasteiger partial charge on any atom is 0.254 e. The Morgan fingerprint density at radius 1 is 1.44 bits per heavy atom. The summed E-state index contributed by atoms with van der Waals surface area (Å²) in [6.45, 7) is 3.72. The Balaban J connectivity index is 2.68. The summed E-state index contributed by atoms with van der Waals surface area (Å²) in [5.41, 5.74) is 5.66. The fourth-order valence-corrected chi connectivity index (χ4v) is 1.41. The number of aromatic nitrogens is 1. The maximum atomic E-state index is 11.9. The summed E-state index contributed by atoms with van der Waals surface area (Å²) in [6.07, 6.45) is 2.91. The van der Waals surface area contributed by atoms with Gasteiger partial charge in [0.15, 0.2) is 0 Å². The molecule has 0 aliphatic heterocycles. The van der Waals surface area contributed by atoms with Crippen molar-refractivity contribution >= 4 is 17.5 Å². The van der Waals surface area contributed by atoms with E-state index in [0.29, 0.717) is 11.3 Å². The summed E-state index contributed by atoms with van der Waals surface area (Å²) in [4.78, 5) is 27.3. The van der Waals surface area contributed by atoms with Gasteiger partial charge in [-0.1, -0.05) is 0 Å². The van der Waals surface area contributed by atoms with E-state index in [1.54, 1.807) is 27.0 Å². The minimum atomic E-state index is -0.679. The van der Waals surface area contributed by atoms with Crippen LogP contribution in [0.15, 0.2) is 18.5 Å². The van der Waals surface area contributed by atoms with E-state index in [0.717, 1.165) is 0 Å². The van der Waals surface area contributed by atoms with Crippen molar-refractivity contribution in [1.82, 2.24) is 15.6 Å². The highest BCUT2D eigenvalue weighted by molar-refractivity contribution is 5.99. The predicted molar refractivity (Wildman–Crippen MR) is 68.8 cm³/mol. The number of nitrogens with two attached hydrogens (primary N) is 1. The van der Waals surface area contributed by atoms with Gasteiger partial charge in [0.1, 0.15) is 0 Å². The molecule has 4 N–H and O–H groups in total. The van der Waals surface area contributed by atoms with Crippen molar-refractivity contribution in [3.8, 4) is 0 Å². The largest absolute Gasteiger partial charge is 0.398 e. The van der Waals surface area contributed by atoms with Crippen LogP contribution >= 0.6 is 0 Å². The zero-order valence-electron chi connectivity index (χ0n) is 10.8. The minimum absolute atomic E-state index is 0.137. The highest BCUT2D eigenvalue weighted by Gasteiger charge is 2.27. The van der Waals surface area contributed by atoms with Crippen molar-refractivity contribution in [2.24, 2.45) is 5.41 Å². The lowest BCUT2D eigenvalue weighted by Gasteiger charge is -2.22. The smallest absolute Gasteiger partial charge is 0.254 e. The fourth-order valence-electron chi connectivity index (χ4n) is 1.41. The van der Waals surface area contributed by atoms with Crippen LogP contribution in [-0.4, -0.2) is 30.4 Å². The first-order valence-corrected chi connectivity index (χ1v) is 5.58. The summed E-state index contributed by atoms with van der Waals surface area (Å²) in [5, 5.41) is 5.23. The van der Waals surface area contributed by atoms with E-state index in [1.165, 1.54) is 12.4 Å². The van der Waals surface area contributed by atoms with E-state index >= 15 is 0 Å². The average Bonchev–Trinajstić information content (AvgIpc) is 2.35. The SMILES string of the molecule is CNC(=O)C(C)(C)CNC(=O)c1cnccc1N. The van der Waals surface area contributed by atoms with Gasteiger partial charge in [-0.25, -0.2) is 0 Å². The molecule has 0 unspecified atom stereocenters. The van der Waals surface area contributed by atoms with Crippen LogP contribution in [0.1, 0.15) is 24.2 Å². The van der Waals surface area contributed by atoms with Gasteiger partial charge in [0.05, 0.1) is 11.0 Å². The molecule has 2 amide bonds. The zero-order valence-corrected chi connectivity index (χ0v) is 10.8. The highest BCUT2D eigenvalue weighted by atomic mass is 16.2. The molecule has 0 fully saturated rings. The molecule has 18 heavy (non-hydrogen) atoms. The van der Waals surface area contributed by atoms with Crippen molar-refractivity contribution in [3.05, 3.63) is 24.0 Å². The van der Waals surface area contributed by atoms with E-state index in [-0.39, 0.29) is 18.4 Å². The second-order valence-corrected chi connectivity index (χ2v) is 4.61. The van der Waals surface area contributed by atoms with Gasteiger partial charge in [-0.05, 0) is 19.9 Å². The number of nitrogens with one attached hydrogen (secondary N) is 2. The van der Waals surface area contributed by atoms with Crippen molar-refractivity contribution in [1.29, 1.82) is 0 Å². The molecule has 0 atom stereocenters. The Labute approximate surface area is 106 Å². The number of anilines is 1. The predicted octanol–water partition coefficient (Wildman–Crippen LogP) is 0.166. The monoisotopic (exact) mass is 250 g/mol. The van der Waals surface area contributed by atoms with Crippen LogP contribution in [0.5, 0.6) is 0 Å². The molecule has 6 nitrogen and oxygen atoms in total. The van der Waals surface area contributed by atoms with Gasteiger partial charge in [-0.2, -0.15) is 0 Å². The molecular formula is C12H18N4O2. The summed E-state index contributed by atoms with van der Waals surface area (Å²) < 4.78 is 0. The van der Waals surface area contributed by atoms with E-state index in [1.807, 2.05) is 0 Å². The molecule has 0 aliphatic rings. The molecule has 0 spiro atoms. The Bertz CT molecular complexity index is 457. The lowest BCUT2D eigenvalue weighted by atomic mass is 9.92. The third kappa shape index (κ3) is 3.19. The highest BCUT2D eigenvalue weighted by Crippen LogP contribution is 2.14. The van der Waals surface area contributed by atoms with Gasteiger partial charge in [0, 0.05) is 31.7 Å². The zero-order chi connectivity index (χ0) is 13.8. The quantitative estimate of drug-likeness (QED) is 0.709. The molecular weight excluding hydrogens is 232 g/mol. The lowest BCUT2D eigenvalue weighted by molar-refractivity contribution is -0.128. The molecule has 0 aliphatic carbocycles. The van der Waals surface area contributed by atoms with Crippen LogP contribution in [-0.2, 0) is 4.79 Å². The van der Waals surface area contributed by atoms with Crippen LogP contribution in [0, 0.1) is 5.41 Å². The first-order chi connectivity index (χ1) is 8.38. The van der Waals surface area contributed by atoms with Crippen molar-refractivity contribution in [2.45, 2.75) is 13.8 Å². The first-order valence-electron chi connectivity index (χ1n) is 5.58. The number of hydrogen-bond donors (Lipinski definition) is 3. The number of carbonyl (C=O) groups excluding carboxylic acids is 2. The topological polar surface area (TPSA) is 97.1 Å². The molecule has 1 heterocycles. The molecule has 0 radical (unpaired) electrons. The fraction of sp³-hybridized carbons (Fsp3) is 0.417. The molecule has 6 heteroatoms. The molecule has 1 aromatic heterocycles. The Hall–Kier alpha value is -2.11. The molecule has 98 valence electrons. The third-order valence-corrected chi connectivity index (χ3v) is 2.63. The van der Waals surface area contributed by atoms with Gasteiger partial charge in [0.25, 0.3) is 5.91 Å². The number of amides is 2. The van der Waals surface area contributed by atoms with Gasteiger partial charge >= 0.3 is 0 Å². The van der Waals surface area contributed by atoms with E-state index in [9.17, 15) is 9.59 Å². The molecule has 1 rings (SSSR count). The Kier molecular flexibility index (Phi) is 4.25. The Morgan fingerprint density at radius 2 is 2.11 bits per heavy atom. The van der Waals surface area contributed by atoms with E-state index in [4.69, 9.17) is 5.73 Å². The van der Waals surface area contributed by atoms with Crippen LogP contribution in [0.2, 0.25) is 0 Å². The summed E-state index contributed by atoms with van der Waals surface area (Å²) in [7, 11) is 1.56. The molecule has 1 aromatic rings. The van der Waals surface area contributed by atoms with Gasteiger partial charge in [-0.3, -0.25) is 14.6 Å². The summed E-state index contributed by atoms with van der Waals surface area (Å²) in [5.74, 6) is -0.473. The molecule has 0 bridgehead atoms. The standard InChI is InChI=1S/C12H18N4O2/c1-12(2,11(18)14-3)7-16-10(17)8-6-15-5-4-9(8)13/h4-6H,7H2,1-3H3,(H2,13,15)(H,14,18)(H,16,17). The van der Waals surface area contributed by atoms with Crippen molar-refractivity contribution in [3.63, 3.8) is 0 Å². The molecule has 0 saturated heterocycles. The lowest BCUT2D eigenvalue weighted by Crippen LogP contribution is -2.43. The van der Waals surface area contributed by atoms with Crippen LogP contribution < -0.4 is 16.4 Å². The second kappa shape index (κ2) is 5.48. The third-order valence-electron chi connectivity index (χ3n) is 2.63. The number of rotatable bonds is 4. The maximum absolute atomic E-state index is 11.9. The number of nitrogen functional groups attached to an aromatic ring is 1. The van der Waals surface area contributed by atoms with E-state index in [2.05, 4.69) is 15.6 Å². The van der Waals surface area contributed by atoms with Gasteiger partial charge in [0.2, 0.25) is 5.91 Å². The molecule has 0 saturated carbocycles. The van der Waals surface area contributed by atoms with Gasteiger partial charge in [-0.15, -0.1) is 0 Å². The summed E-state index contributed by atoms with van der Waals surface area (Å²) in [6, 6.07) is 1.55. The number of nitrogens with zero attached hydrogens (tertiary/aromatic N) is 1. The normalized spacial score (nSPS) is 10.8. The summed E-state index contributed by atoms with van der Waals surface area (Å²) >= 11 is 0. The Morgan fingerprint density at radius 3 is 2.67 bits per heavy atom.